The van der Waals surface area contributed by atoms with Crippen LogP contribution in [0.15, 0.2) is 59.5 Å². The number of alkyl halides is 5. The number of hydrogen-bond acceptors (Lipinski definition) is 4. The molecule has 0 saturated carbocycles. The Balaban J connectivity index is 1.61. The van der Waals surface area contributed by atoms with Gasteiger partial charge >= 0.3 is 12.8 Å². The number of carbonyl (C=O) groups is 1. The van der Waals surface area contributed by atoms with Crippen LogP contribution in [-0.4, -0.2) is 27.1 Å². The molecule has 1 amide bonds. The van der Waals surface area contributed by atoms with E-state index in [0.29, 0.717) is 11.1 Å². The van der Waals surface area contributed by atoms with Gasteiger partial charge in [0, 0.05) is 11.6 Å². The molecule has 0 radical (unpaired) electrons. The number of carbonyl (C=O) groups excluding carboxylic acids is 1. The smallest absolute Gasteiger partial charge is 0.416 e. The van der Waals surface area contributed by atoms with Crippen molar-refractivity contribution in [1.29, 1.82) is 0 Å². The molecule has 2 N–H and O–H groups in total. The van der Waals surface area contributed by atoms with Gasteiger partial charge in [-0.2, -0.15) is 27.1 Å². The molecule has 1 unspecified atom stereocenters. The molecule has 0 aliphatic carbocycles. The van der Waals surface area contributed by atoms with Crippen molar-refractivity contribution in [2.75, 3.05) is 0 Å². The first-order valence-electron chi connectivity index (χ1n) is 10.6. The summed E-state index contributed by atoms with van der Waals surface area (Å²) in [6.07, 6.45) is -3.13. The van der Waals surface area contributed by atoms with Gasteiger partial charge < -0.3 is 15.0 Å². The van der Waals surface area contributed by atoms with Crippen molar-refractivity contribution in [3.63, 3.8) is 0 Å². The average molecular weight is 506 g/mol. The SMILES string of the molecule is Cc1cc(-c2cn3nc(C(=O)NC(C)c4ccccc4OC(F)F)cc3c(=O)[nH]2)ccc1C(F)(F)F. The topological polar surface area (TPSA) is 88.5 Å². The zero-order chi connectivity index (χ0) is 26.2. The lowest BCUT2D eigenvalue weighted by molar-refractivity contribution is -0.138. The van der Waals surface area contributed by atoms with Crippen molar-refractivity contribution < 1.29 is 31.5 Å². The fourth-order valence-corrected chi connectivity index (χ4v) is 3.80. The summed E-state index contributed by atoms with van der Waals surface area (Å²) in [6, 6.07) is 9.93. The number of ether oxygens (including phenoxy) is 1. The molecule has 0 bridgehead atoms. The molecule has 0 aliphatic heterocycles. The van der Waals surface area contributed by atoms with Crippen LogP contribution in [0.5, 0.6) is 5.75 Å². The van der Waals surface area contributed by atoms with Gasteiger partial charge in [0.2, 0.25) is 0 Å². The van der Waals surface area contributed by atoms with Gasteiger partial charge in [0.05, 0.1) is 23.5 Å². The minimum absolute atomic E-state index is 0.0217. The van der Waals surface area contributed by atoms with E-state index in [-0.39, 0.29) is 28.2 Å². The maximum Gasteiger partial charge on any atom is 0.416 e. The van der Waals surface area contributed by atoms with Crippen molar-refractivity contribution in [2.45, 2.75) is 32.7 Å². The number of aromatic amines is 1. The Morgan fingerprint density at radius 1 is 1.14 bits per heavy atom. The summed E-state index contributed by atoms with van der Waals surface area (Å²) in [6.45, 7) is -0.161. The van der Waals surface area contributed by atoms with E-state index < -0.39 is 35.9 Å². The van der Waals surface area contributed by atoms with Crippen LogP contribution >= 0.6 is 0 Å². The van der Waals surface area contributed by atoms with Crippen LogP contribution < -0.4 is 15.6 Å². The van der Waals surface area contributed by atoms with Crippen molar-refractivity contribution in [3.8, 4) is 17.0 Å². The molecule has 0 saturated heterocycles. The summed E-state index contributed by atoms with van der Waals surface area (Å²) in [7, 11) is 0. The monoisotopic (exact) mass is 506 g/mol. The largest absolute Gasteiger partial charge is 0.434 e. The fraction of sp³-hybridized carbons (Fsp3) is 0.208. The number of H-pyrrole nitrogens is 1. The highest BCUT2D eigenvalue weighted by Gasteiger charge is 2.32. The molecule has 4 aromatic rings. The Hall–Kier alpha value is -4.22. The predicted molar refractivity (Wildman–Crippen MR) is 120 cm³/mol. The lowest BCUT2D eigenvalue weighted by Gasteiger charge is -2.17. The Labute approximate surface area is 200 Å². The molecule has 2 aromatic carbocycles. The molecule has 0 spiro atoms. The van der Waals surface area contributed by atoms with Crippen molar-refractivity contribution in [2.24, 2.45) is 0 Å². The van der Waals surface area contributed by atoms with Gasteiger partial charge in [-0.05, 0) is 43.2 Å². The zero-order valence-corrected chi connectivity index (χ0v) is 18.9. The number of halogens is 5. The highest BCUT2D eigenvalue weighted by Crippen LogP contribution is 2.33. The molecule has 0 fully saturated rings. The standard InChI is InChI=1S/C24H19F5N4O3/c1-12-9-14(7-8-16(12)24(27,28)29)18-11-33-19(22(35)31-18)10-17(32-33)21(34)30-13(2)15-5-3-4-6-20(15)36-23(25)26/h3-11,13,23H,1-2H3,(H,30,34)(H,31,35). The Morgan fingerprint density at radius 2 is 1.86 bits per heavy atom. The summed E-state index contributed by atoms with van der Waals surface area (Å²) in [5.74, 6) is -0.771. The molecule has 7 nitrogen and oxygen atoms in total. The van der Waals surface area contributed by atoms with Crippen LogP contribution in [0.2, 0.25) is 0 Å². The Bertz CT molecular complexity index is 1490. The van der Waals surface area contributed by atoms with Crippen LogP contribution in [0.4, 0.5) is 22.0 Å². The third kappa shape index (κ3) is 5.07. The lowest BCUT2D eigenvalue weighted by Crippen LogP contribution is -2.27. The van der Waals surface area contributed by atoms with Crippen LogP contribution in [0.25, 0.3) is 16.8 Å². The summed E-state index contributed by atoms with van der Waals surface area (Å²) < 4.78 is 70.2. The van der Waals surface area contributed by atoms with E-state index in [4.69, 9.17) is 0 Å². The Kier molecular flexibility index (Phi) is 6.53. The minimum atomic E-state index is -4.51. The van der Waals surface area contributed by atoms with Gasteiger partial charge in [-0.25, -0.2) is 4.52 Å². The number of hydrogen-bond donors (Lipinski definition) is 2. The second-order valence-corrected chi connectivity index (χ2v) is 8.00. The van der Waals surface area contributed by atoms with Gasteiger partial charge in [0.1, 0.15) is 11.3 Å². The maximum atomic E-state index is 13.1. The number of fused-ring (bicyclic) bond motifs is 1. The van der Waals surface area contributed by atoms with E-state index in [0.717, 1.165) is 10.6 Å². The molecular weight excluding hydrogens is 487 g/mol. The van der Waals surface area contributed by atoms with Gasteiger partial charge in [0.15, 0.2) is 5.69 Å². The van der Waals surface area contributed by atoms with E-state index in [1.165, 1.54) is 49.5 Å². The van der Waals surface area contributed by atoms with E-state index in [1.54, 1.807) is 13.0 Å². The van der Waals surface area contributed by atoms with Crippen LogP contribution in [0.1, 0.15) is 40.1 Å². The first kappa shape index (κ1) is 24.9. The maximum absolute atomic E-state index is 13.1. The summed E-state index contributed by atoms with van der Waals surface area (Å²) >= 11 is 0. The predicted octanol–water partition coefficient (Wildman–Crippen LogP) is 5.11. The van der Waals surface area contributed by atoms with Gasteiger partial charge in [-0.1, -0.05) is 24.3 Å². The van der Waals surface area contributed by atoms with E-state index >= 15 is 0 Å². The lowest BCUT2D eigenvalue weighted by atomic mass is 10.0. The second kappa shape index (κ2) is 9.44. The summed E-state index contributed by atoms with van der Waals surface area (Å²) in [5, 5.41) is 6.73. The number of aryl methyl sites for hydroxylation is 1. The second-order valence-electron chi connectivity index (χ2n) is 8.00. The van der Waals surface area contributed by atoms with Crippen molar-refractivity contribution >= 4 is 11.4 Å². The normalized spacial score (nSPS) is 12.7. The van der Waals surface area contributed by atoms with Crippen LogP contribution in [0, 0.1) is 6.92 Å². The quantitative estimate of drug-likeness (QED) is 0.356. The first-order valence-corrected chi connectivity index (χ1v) is 10.6. The summed E-state index contributed by atoms with van der Waals surface area (Å²) in [4.78, 5) is 28.0. The third-order valence-electron chi connectivity index (χ3n) is 5.49. The van der Waals surface area contributed by atoms with Crippen LogP contribution in [-0.2, 0) is 6.18 Å². The number of nitrogens with zero attached hydrogens (tertiary/aromatic N) is 2. The van der Waals surface area contributed by atoms with Gasteiger partial charge in [-0.15, -0.1) is 0 Å². The van der Waals surface area contributed by atoms with Crippen molar-refractivity contribution in [1.82, 2.24) is 19.9 Å². The zero-order valence-electron chi connectivity index (χ0n) is 18.9. The molecule has 1 atom stereocenters. The molecule has 4 rings (SSSR count). The summed E-state index contributed by atoms with van der Waals surface area (Å²) in [5.41, 5.74) is -0.681. The molecular formula is C24H19F5N4O3. The number of nitrogens with one attached hydrogen (secondary N) is 2. The fourth-order valence-electron chi connectivity index (χ4n) is 3.80. The van der Waals surface area contributed by atoms with Gasteiger partial charge in [-0.3, -0.25) is 9.59 Å². The molecule has 12 heteroatoms. The third-order valence-corrected chi connectivity index (χ3v) is 5.49. The van der Waals surface area contributed by atoms with E-state index in [2.05, 4.69) is 20.1 Å². The van der Waals surface area contributed by atoms with E-state index in [1.807, 2.05) is 0 Å². The number of amides is 1. The minimum Gasteiger partial charge on any atom is -0.434 e. The first-order chi connectivity index (χ1) is 16.9. The molecule has 2 heterocycles. The van der Waals surface area contributed by atoms with Gasteiger partial charge in [0.25, 0.3) is 11.5 Å². The number of aromatic nitrogens is 3. The molecule has 0 aliphatic rings. The number of rotatable bonds is 6. The molecule has 2 aromatic heterocycles. The van der Waals surface area contributed by atoms with Crippen LogP contribution in [0.3, 0.4) is 0 Å². The average Bonchev–Trinajstić information content (AvgIpc) is 3.23. The number of benzene rings is 2. The highest BCUT2D eigenvalue weighted by atomic mass is 19.4. The molecule has 36 heavy (non-hydrogen) atoms. The van der Waals surface area contributed by atoms with Crippen molar-refractivity contribution in [3.05, 3.63) is 87.5 Å². The Morgan fingerprint density at radius 3 is 2.53 bits per heavy atom. The molecule has 188 valence electrons. The number of para-hydroxylation sites is 1. The van der Waals surface area contributed by atoms with E-state index in [9.17, 15) is 31.5 Å². The highest BCUT2D eigenvalue weighted by molar-refractivity contribution is 5.93.